The molecular weight excluding hydrogens is 518 g/mol. The maximum atomic E-state index is 12.3. The molecule has 218 valence electrons. The number of benzene rings is 1. The number of unbranched alkanes of at least 4 members (excludes halogenated alkanes) is 2. The molecule has 4 aromatic rings. The van der Waals surface area contributed by atoms with E-state index in [0.29, 0.717) is 18.4 Å². The molecule has 0 aliphatic carbocycles. The minimum atomic E-state index is -0.517. The van der Waals surface area contributed by atoms with Crippen LogP contribution < -0.4 is 15.5 Å². The second kappa shape index (κ2) is 12.6. The number of ether oxygens (including phenoxy) is 1. The summed E-state index contributed by atoms with van der Waals surface area (Å²) in [5, 5.41) is 15.6. The van der Waals surface area contributed by atoms with Crippen LogP contribution >= 0.6 is 0 Å². The van der Waals surface area contributed by atoms with Crippen molar-refractivity contribution in [3.05, 3.63) is 60.0 Å². The predicted molar refractivity (Wildman–Crippen MR) is 160 cm³/mol. The van der Waals surface area contributed by atoms with Gasteiger partial charge in [-0.2, -0.15) is 24.7 Å². The van der Waals surface area contributed by atoms with Crippen LogP contribution in [0.2, 0.25) is 0 Å². The Morgan fingerprint density at radius 1 is 1.05 bits per heavy atom. The van der Waals surface area contributed by atoms with E-state index in [1.54, 1.807) is 6.20 Å². The van der Waals surface area contributed by atoms with Crippen molar-refractivity contribution in [2.45, 2.75) is 84.4 Å². The molecule has 0 saturated carbocycles. The topological polar surface area (TPSA) is 114 Å². The summed E-state index contributed by atoms with van der Waals surface area (Å²) in [7, 11) is 0. The van der Waals surface area contributed by atoms with Gasteiger partial charge >= 0.3 is 6.09 Å². The van der Waals surface area contributed by atoms with Crippen molar-refractivity contribution in [2.24, 2.45) is 0 Å². The zero-order valence-corrected chi connectivity index (χ0v) is 24.5. The maximum Gasteiger partial charge on any atom is 0.407 e. The second-order valence-electron chi connectivity index (χ2n) is 11.5. The Hall–Kier alpha value is -4.15. The lowest BCUT2D eigenvalue weighted by Gasteiger charge is -2.33. The minimum Gasteiger partial charge on any atom is -0.444 e. The number of para-hydroxylation sites is 1. The van der Waals surface area contributed by atoms with Gasteiger partial charge in [-0.1, -0.05) is 38.0 Å². The molecule has 4 heterocycles. The Balaban J connectivity index is 1.36. The summed E-state index contributed by atoms with van der Waals surface area (Å²) in [6, 6.07) is 10.2. The molecule has 41 heavy (non-hydrogen) atoms. The van der Waals surface area contributed by atoms with Gasteiger partial charge in [0.25, 0.3) is 0 Å². The molecule has 1 aliphatic heterocycles. The van der Waals surface area contributed by atoms with Gasteiger partial charge in [-0.05, 0) is 64.2 Å². The fraction of sp³-hybridized carbons (Fsp3) is 0.500. The van der Waals surface area contributed by atoms with E-state index < -0.39 is 5.60 Å². The first kappa shape index (κ1) is 28.4. The summed E-state index contributed by atoms with van der Waals surface area (Å²) in [4.78, 5) is 24.4. The summed E-state index contributed by atoms with van der Waals surface area (Å²) >= 11 is 0. The van der Waals surface area contributed by atoms with Crippen molar-refractivity contribution in [2.75, 3.05) is 23.3 Å². The van der Waals surface area contributed by atoms with Gasteiger partial charge in [0.1, 0.15) is 5.60 Å². The van der Waals surface area contributed by atoms with Crippen molar-refractivity contribution in [1.29, 1.82) is 0 Å². The number of piperidine rings is 1. The molecule has 0 spiro atoms. The number of carbonyl (C=O) groups excluding carboxylic acids is 1. The lowest BCUT2D eigenvalue weighted by Crippen LogP contribution is -2.46. The minimum absolute atomic E-state index is 0.0563. The molecule has 1 aliphatic rings. The first-order valence-electron chi connectivity index (χ1n) is 14.6. The quantitative estimate of drug-likeness (QED) is 0.257. The highest BCUT2D eigenvalue weighted by Crippen LogP contribution is 2.24. The number of hydrogen-bond donors (Lipinski definition) is 2. The molecule has 0 bridgehead atoms. The van der Waals surface area contributed by atoms with E-state index in [1.807, 2.05) is 60.6 Å². The monoisotopic (exact) mass is 559 g/mol. The number of aromatic nitrogens is 6. The summed E-state index contributed by atoms with van der Waals surface area (Å²) in [6.45, 7) is 9.84. The van der Waals surface area contributed by atoms with E-state index in [-0.39, 0.29) is 12.1 Å². The molecular formula is C30H41N9O2. The lowest BCUT2D eigenvalue weighted by molar-refractivity contribution is 0.0497. The molecule has 3 aromatic heterocycles. The molecule has 5 rings (SSSR count). The van der Waals surface area contributed by atoms with Crippen molar-refractivity contribution < 1.29 is 9.53 Å². The number of amides is 1. The molecule has 2 N–H and O–H groups in total. The van der Waals surface area contributed by atoms with Crippen LogP contribution in [0, 0.1) is 0 Å². The summed E-state index contributed by atoms with van der Waals surface area (Å²) in [5.74, 6) is 1.32. The van der Waals surface area contributed by atoms with Gasteiger partial charge in [-0.3, -0.25) is 0 Å². The fourth-order valence-corrected chi connectivity index (χ4v) is 5.08. The van der Waals surface area contributed by atoms with Crippen molar-refractivity contribution in [3.63, 3.8) is 0 Å². The molecule has 11 heteroatoms. The van der Waals surface area contributed by atoms with Crippen LogP contribution in [0.4, 0.5) is 16.7 Å². The molecule has 11 nitrogen and oxygen atoms in total. The normalized spacial score (nSPS) is 14.4. The Morgan fingerprint density at radius 2 is 1.85 bits per heavy atom. The molecule has 1 fully saturated rings. The Bertz CT molecular complexity index is 1430. The van der Waals surface area contributed by atoms with Crippen LogP contribution in [0.25, 0.3) is 11.3 Å². The van der Waals surface area contributed by atoms with Crippen LogP contribution in [-0.2, 0) is 17.7 Å². The van der Waals surface area contributed by atoms with Crippen LogP contribution in [-0.4, -0.2) is 60.2 Å². The van der Waals surface area contributed by atoms with Gasteiger partial charge in [0.2, 0.25) is 11.9 Å². The van der Waals surface area contributed by atoms with E-state index in [1.165, 1.54) is 6.42 Å². The standard InChI is InChI=1S/C30H41N9O2/c1-5-6-7-12-23-21-33-39-26(23)35-28(37-18-14-24(15-19-37)34-29(40)41-30(2,3)4)36-27(39)31-20-22-11-8-9-13-25(22)38-17-10-16-32-38/h8-11,13,16-17,21,24H,5-7,12,14-15,18-20H2,1-4H3,(H,34,40)(H,31,35,36). The molecule has 1 aromatic carbocycles. The number of anilines is 2. The molecule has 1 saturated heterocycles. The van der Waals surface area contributed by atoms with Gasteiger partial charge < -0.3 is 20.3 Å². The summed E-state index contributed by atoms with van der Waals surface area (Å²) in [5.41, 5.74) is 3.55. The SMILES string of the molecule is CCCCCc1cnn2c(NCc3ccccc3-n3cccn3)nc(N3CCC(NC(=O)OC(C)(C)C)CC3)nc12. The van der Waals surface area contributed by atoms with Crippen LogP contribution in [0.3, 0.4) is 0 Å². The zero-order valence-electron chi connectivity index (χ0n) is 24.5. The van der Waals surface area contributed by atoms with Gasteiger partial charge in [0, 0.05) is 43.6 Å². The molecule has 0 unspecified atom stereocenters. The average Bonchev–Trinajstić information content (AvgIpc) is 3.62. The highest BCUT2D eigenvalue weighted by Gasteiger charge is 2.26. The fourth-order valence-electron chi connectivity index (χ4n) is 5.08. The summed E-state index contributed by atoms with van der Waals surface area (Å²) in [6.07, 6.45) is 11.2. The van der Waals surface area contributed by atoms with E-state index in [2.05, 4.69) is 44.8 Å². The zero-order chi connectivity index (χ0) is 28.8. The van der Waals surface area contributed by atoms with E-state index in [4.69, 9.17) is 14.7 Å². The number of alkyl carbamates (subject to hydrolysis) is 1. The third-order valence-electron chi connectivity index (χ3n) is 7.16. The van der Waals surface area contributed by atoms with Crippen molar-refractivity contribution in [3.8, 4) is 5.69 Å². The lowest BCUT2D eigenvalue weighted by atomic mass is 10.1. The number of fused-ring (bicyclic) bond motifs is 1. The predicted octanol–water partition coefficient (Wildman–Crippen LogP) is 5.15. The van der Waals surface area contributed by atoms with Gasteiger partial charge in [0.15, 0.2) is 5.65 Å². The number of nitrogens with zero attached hydrogens (tertiary/aromatic N) is 7. The van der Waals surface area contributed by atoms with Gasteiger partial charge in [0.05, 0.1) is 11.9 Å². The third-order valence-corrected chi connectivity index (χ3v) is 7.16. The number of aryl methyl sites for hydroxylation is 1. The number of carbonyl (C=O) groups is 1. The summed E-state index contributed by atoms with van der Waals surface area (Å²) < 4.78 is 9.13. The van der Waals surface area contributed by atoms with E-state index in [0.717, 1.165) is 67.7 Å². The molecule has 0 atom stereocenters. The second-order valence-corrected chi connectivity index (χ2v) is 11.5. The molecule has 1 amide bonds. The first-order valence-corrected chi connectivity index (χ1v) is 14.6. The number of hydrogen-bond acceptors (Lipinski definition) is 8. The highest BCUT2D eigenvalue weighted by atomic mass is 16.6. The highest BCUT2D eigenvalue weighted by molar-refractivity contribution is 5.68. The number of rotatable bonds is 10. The first-order chi connectivity index (χ1) is 19.8. The van der Waals surface area contributed by atoms with Gasteiger partial charge in [-0.25, -0.2) is 9.48 Å². The van der Waals surface area contributed by atoms with Crippen molar-refractivity contribution >= 4 is 23.6 Å². The van der Waals surface area contributed by atoms with Gasteiger partial charge in [-0.15, -0.1) is 0 Å². The Kier molecular flexibility index (Phi) is 8.70. The molecule has 0 radical (unpaired) electrons. The van der Waals surface area contributed by atoms with Crippen LogP contribution in [0.1, 0.15) is 70.9 Å². The smallest absolute Gasteiger partial charge is 0.407 e. The average molecular weight is 560 g/mol. The maximum absolute atomic E-state index is 12.3. The Labute approximate surface area is 241 Å². The Morgan fingerprint density at radius 3 is 2.59 bits per heavy atom. The van der Waals surface area contributed by atoms with Crippen molar-refractivity contribution in [1.82, 2.24) is 34.7 Å². The number of nitrogens with one attached hydrogen (secondary N) is 2. The van der Waals surface area contributed by atoms with Crippen LogP contribution in [0.15, 0.2) is 48.9 Å². The van der Waals surface area contributed by atoms with E-state index in [9.17, 15) is 4.79 Å². The van der Waals surface area contributed by atoms with E-state index >= 15 is 0 Å². The third kappa shape index (κ3) is 7.14. The van der Waals surface area contributed by atoms with Crippen LogP contribution in [0.5, 0.6) is 0 Å². The largest absolute Gasteiger partial charge is 0.444 e.